The molecule has 0 spiro atoms. The molecule has 0 aliphatic rings. The van der Waals surface area contributed by atoms with Crippen molar-refractivity contribution in [2.45, 2.75) is 0 Å². The zero-order chi connectivity index (χ0) is 42.4. The molecule has 0 fully saturated rings. The van der Waals surface area contributed by atoms with Crippen LogP contribution in [0.3, 0.4) is 0 Å². The fraction of sp³-hybridized carbons (Fsp3) is 0. The molecule has 298 valence electrons. The van der Waals surface area contributed by atoms with E-state index in [4.69, 9.17) is 9.97 Å². The lowest BCUT2D eigenvalue weighted by Gasteiger charge is -2.19. The van der Waals surface area contributed by atoms with E-state index in [0.717, 1.165) is 77.7 Å². The summed E-state index contributed by atoms with van der Waals surface area (Å²) < 4.78 is 0. The van der Waals surface area contributed by atoms with E-state index in [2.05, 4.69) is 237 Å². The second kappa shape index (κ2) is 15.8. The molecule has 0 unspecified atom stereocenters. The van der Waals surface area contributed by atoms with E-state index in [1.54, 1.807) is 0 Å². The highest BCUT2D eigenvalue weighted by Gasteiger charge is 2.22. The quantitative estimate of drug-likeness (QED) is 0.118. The maximum absolute atomic E-state index is 5.58. The van der Waals surface area contributed by atoms with Crippen LogP contribution in [-0.4, -0.2) is 9.97 Å². The maximum Gasteiger partial charge on any atom is 0.0979 e. The van der Waals surface area contributed by atoms with Crippen LogP contribution in [0.25, 0.3) is 122 Å². The minimum atomic E-state index is 0.882. The van der Waals surface area contributed by atoms with E-state index in [0.29, 0.717) is 0 Å². The number of hydrogen-bond donors (Lipinski definition) is 0. The molecule has 10 aromatic carbocycles. The van der Waals surface area contributed by atoms with E-state index < -0.39 is 0 Å². The van der Waals surface area contributed by atoms with Crippen molar-refractivity contribution in [3.8, 4) is 78.1 Å². The van der Waals surface area contributed by atoms with Crippen molar-refractivity contribution in [2.75, 3.05) is 0 Å². The van der Waals surface area contributed by atoms with Crippen LogP contribution in [0.5, 0.6) is 0 Å². The number of fused-ring (bicyclic) bond motifs is 5. The largest absolute Gasteiger partial charge is 0.245 e. The summed E-state index contributed by atoms with van der Waals surface area (Å²) in [5, 5.41) is 7.10. The van der Waals surface area contributed by atoms with E-state index in [-0.39, 0.29) is 0 Å². The first-order valence-electron chi connectivity index (χ1n) is 21.9. The van der Waals surface area contributed by atoms with E-state index in [1.165, 1.54) is 43.8 Å². The molecular formula is C62H40N2. The third-order valence-electron chi connectivity index (χ3n) is 12.6. The van der Waals surface area contributed by atoms with Crippen LogP contribution >= 0.6 is 0 Å². The highest BCUT2D eigenvalue weighted by Crippen LogP contribution is 2.47. The van der Waals surface area contributed by atoms with E-state index in [1.807, 2.05) is 6.07 Å². The summed E-state index contributed by atoms with van der Waals surface area (Å²) in [6.07, 6.45) is 0. The fourth-order valence-electron chi connectivity index (χ4n) is 9.74. The van der Waals surface area contributed by atoms with Crippen molar-refractivity contribution in [3.05, 3.63) is 243 Å². The minimum absolute atomic E-state index is 0.882. The smallest absolute Gasteiger partial charge is 0.0979 e. The second-order valence-corrected chi connectivity index (χ2v) is 16.4. The number of benzene rings is 10. The average molecular weight is 813 g/mol. The molecule has 0 bridgehead atoms. The summed E-state index contributed by atoms with van der Waals surface area (Å²) >= 11 is 0. The Labute approximate surface area is 372 Å². The van der Waals surface area contributed by atoms with Gasteiger partial charge in [-0.1, -0.05) is 206 Å². The molecule has 0 aliphatic heterocycles. The van der Waals surface area contributed by atoms with Gasteiger partial charge in [-0.2, -0.15) is 0 Å². The third kappa shape index (κ3) is 6.44. The molecule has 0 aliphatic carbocycles. The number of pyridine rings is 2. The van der Waals surface area contributed by atoms with Gasteiger partial charge in [0.15, 0.2) is 0 Å². The lowest BCUT2D eigenvalue weighted by atomic mass is 9.85. The van der Waals surface area contributed by atoms with Crippen molar-refractivity contribution in [3.63, 3.8) is 0 Å². The molecule has 0 radical (unpaired) electrons. The monoisotopic (exact) mass is 812 g/mol. The van der Waals surface area contributed by atoms with Crippen molar-refractivity contribution < 1.29 is 0 Å². The number of rotatable bonds is 7. The summed E-state index contributed by atoms with van der Waals surface area (Å²) in [6.45, 7) is 0. The molecule has 12 rings (SSSR count). The van der Waals surface area contributed by atoms with Gasteiger partial charge in [0.05, 0.1) is 22.4 Å². The predicted molar refractivity (Wildman–Crippen MR) is 270 cm³/mol. The number of hydrogen-bond acceptors (Lipinski definition) is 2. The molecular weight excluding hydrogens is 773 g/mol. The van der Waals surface area contributed by atoms with Gasteiger partial charge < -0.3 is 0 Å². The summed E-state index contributed by atoms with van der Waals surface area (Å²) in [7, 11) is 0. The summed E-state index contributed by atoms with van der Waals surface area (Å²) in [5.74, 6) is 0. The Hall–Kier alpha value is -8.46. The lowest BCUT2D eigenvalue weighted by molar-refractivity contribution is 1.36. The van der Waals surface area contributed by atoms with Gasteiger partial charge in [0.25, 0.3) is 0 Å². The maximum atomic E-state index is 5.58. The topological polar surface area (TPSA) is 25.8 Å². The predicted octanol–water partition coefficient (Wildman–Crippen LogP) is 16.8. The van der Waals surface area contributed by atoms with Gasteiger partial charge >= 0.3 is 0 Å². The van der Waals surface area contributed by atoms with Gasteiger partial charge in [0.1, 0.15) is 0 Å². The van der Waals surface area contributed by atoms with Crippen LogP contribution in [-0.2, 0) is 0 Å². The first-order valence-corrected chi connectivity index (χ1v) is 21.9. The molecule has 0 N–H and O–H groups in total. The van der Waals surface area contributed by atoms with E-state index in [9.17, 15) is 0 Å². The molecule has 2 nitrogen and oxygen atoms in total. The Morgan fingerprint density at radius 3 is 1.03 bits per heavy atom. The zero-order valence-corrected chi connectivity index (χ0v) is 35.0. The van der Waals surface area contributed by atoms with Crippen LogP contribution in [0.4, 0.5) is 0 Å². The molecule has 12 aromatic rings. The van der Waals surface area contributed by atoms with Crippen molar-refractivity contribution in [2.24, 2.45) is 0 Å². The van der Waals surface area contributed by atoms with Crippen LogP contribution in [0.1, 0.15) is 0 Å². The van der Waals surface area contributed by atoms with Gasteiger partial charge in [-0.05, 0) is 114 Å². The Balaban J connectivity index is 1.08. The van der Waals surface area contributed by atoms with Crippen LogP contribution < -0.4 is 0 Å². The normalized spacial score (nSPS) is 11.4. The van der Waals surface area contributed by atoms with Crippen molar-refractivity contribution in [1.29, 1.82) is 0 Å². The van der Waals surface area contributed by atoms with Gasteiger partial charge in [-0.3, -0.25) is 0 Å². The molecule has 0 atom stereocenters. The zero-order valence-electron chi connectivity index (χ0n) is 35.0. The standard InChI is InChI=1S/C62H40N2/c1-6-19-41(20-7-1)55-37-35-52-59(44-25-12-4-13-26-44)60(45-27-14-5-15-28-45)53-36-38-56(64-62(53)61(52)63-55)48-30-18-29-46(39-48)47-33-34-51-54(40-47)58(43-23-10-3-11-24-43)50-32-17-16-31-49(50)57(51)42-21-8-2-9-22-42/h1-40H. The first kappa shape index (κ1) is 37.3. The minimum Gasteiger partial charge on any atom is -0.245 e. The lowest BCUT2D eigenvalue weighted by Crippen LogP contribution is -1.97. The molecule has 64 heavy (non-hydrogen) atoms. The van der Waals surface area contributed by atoms with Crippen molar-refractivity contribution >= 4 is 43.4 Å². The molecule has 2 heteroatoms. The number of nitrogens with zero attached hydrogens (tertiary/aromatic N) is 2. The van der Waals surface area contributed by atoms with Crippen LogP contribution in [0.2, 0.25) is 0 Å². The first-order chi connectivity index (χ1) is 31.8. The van der Waals surface area contributed by atoms with Crippen molar-refractivity contribution in [1.82, 2.24) is 9.97 Å². The molecule has 0 saturated carbocycles. The van der Waals surface area contributed by atoms with Gasteiger partial charge in [-0.25, -0.2) is 9.97 Å². The summed E-state index contributed by atoms with van der Waals surface area (Å²) in [4.78, 5) is 11.0. The SMILES string of the molecule is c1ccc(-c2ccc3c(-c4ccccc4)c(-c4ccccc4)c4ccc(-c5cccc(-c6ccc7c(-c8ccccc8)c8ccccc8c(-c8ccccc8)c7c6)c5)nc4c3n2)cc1. The summed E-state index contributed by atoms with van der Waals surface area (Å²) in [5.41, 5.74) is 17.5. The second-order valence-electron chi connectivity index (χ2n) is 16.4. The molecule has 0 amide bonds. The van der Waals surface area contributed by atoms with Crippen LogP contribution in [0, 0.1) is 0 Å². The highest BCUT2D eigenvalue weighted by atomic mass is 14.8. The van der Waals surface area contributed by atoms with E-state index >= 15 is 0 Å². The van der Waals surface area contributed by atoms with Gasteiger partial charge in [0.2, 0.25) is 0 Å². The third-order valence-corrected chi connectivity index (χ3v) is 12.6. The Bertz CT molecular complexity index is 3680. The highest BCUT2D eigenvalue weighted by molar-refractivity contribution is 6.22. The number of aromatic nitrogens is 2. The van der Waals surface area contributed by atoms with Crippen LogP contribution in [0.15, 0.2) is 243 Å². The molecule has 0 saturated heterocycles. The summed E-state index contributed by atoms with van der Waals surface area (Å²) in [6, 6.07) is 87.0. The van der Waals surface area contributed by atoms with Gasteiger partial charge in [-0.15, -0.1) is 0 Å². The fourth-order valence-corrected chi connectivity index (χ4v) is 9.74. The molecule has 2 aromatic heterocycles. The molecule has 2 heterocycles. The average Bonchev–Trinajstić information content (AvgIpc) is 3.38. The Morgan fingerprint density at radius 2 is 0.531 bits per heavy atom. The van der Waals surface area contributed by atoms with Gasteiger partial charge in [0, 0.05) is 21.9 Å². The Morgan fingerprint density at radius 1 is 0.188 bits per heavy atom. The Kier molecular flexibility index (Phi) is 9.20.